The fourth-order valence-electron chi connectivity index (χ4n) is 2.13. The zero-order chi connectivity index (χ0) is 18.9. The van der Waals surface area contributed by atoms with Crippen LogP contribution in [0.1, 0.15) is 25.2 Å². The van der Waals surface area contributed by atoms with E-state index in [1.54, 1.807) is 11.8 Å². The number of nitrogens with zero attached hydrogens (tertiary/aromatic N) is 3. The van der Waals surface area contributed by atoms with E-state index in [0.717, 1.165) is 16.7 Å². The Balaban J connectivity index is 1.96. The van der Waals surface area contributed by atoms with Crippen LogP contribution in [0.4, 0.5) is 0 Å². The van der Waals surface area contributed by atoms with E-state index in [-0.39, 0.29) is 5.91 Å². The Labute approximate surface area is 164 Å². The lowest BCUT2D eigenvalue weighted by atomic mass is 10.2. The maximum absolute atomic E-state index is 11.9. The Morgan fingerprint density at radius 3 is 2.65 bits per heavy atom. The molecule has 0 saturated heterocycles. The van der Waals surface area contributed by atoms with Crippen LogP contribution in [0.25, 0.3) is 0 Å². The Morgan fingerprint density at radius 2 is 2.00 bits per heavy atom. The zero-order valence-corrected chi connectivity index (χ0v) is 17.2. The molecule has 7 heteroatoms. The van der Waals surface area contributed by atoms with Gasteiger partial charge in [0.25, 0.3) is 0 Å². The average Bonchev–Trinajstić information content (AvgIpc) is 3.00. The van der Waals surface area contributed by atoms with Crippen molar-refractivity contribution in [3.8, 4) is 0 Å². The fraction of sp³-hybridized carbons (Fsp3) is 0.421. The minimum Gasteiger partial charge on any atom is -0.355 e. The molecule has 0 fully saturated rings. The molecule has 0 aliphatic carbocycles. The second-order valence-electron chi connectivity index (χ2n) is 6.39. The van der Waals surface area contributed by atoms with Gasteiger partial charge in [0.1, 0.15) is 5.82 Å². The predicted octanol–water partition coefficient (Wildman–Crippen LogP) is 3.93. The first-order chi connectivity index (χ1) is 12.5. The van der Waals surface area contributed by atoms with Gasteiger partial charge in [-0.1, -0.05) is 49.4 Å². The van der Waals surface area contributed by atoms with E-state index >= 15 is 0 Å². The van der Waals surface area contributed by atoms with Crippen molar-refractivity contribution in [1.29, 1.82) is 0 Å². The SMILES string of the molecule is C=CCn1c(CSc2ccc(C)cc2)nnc1SCC(=O)NCC(C)C. The molecule has 1 aromatic heterocycles. The van der Waals surface area contributed by atoms with Crippen LogP contribution in [0, 0.1) is 12.8 Å². The molecular formula is C19H26N4OS2. The van der Waals surface area contributed by atoms with E-state index in [4.69, 9.17) is 0 Å². The van der Waals surface area contributed by atoms with Crippen LogP contribution < -0.4 is 5.32 Å². The summed E-state index contributed by atoms with van der Waals surface area (Å²) in [6.45, 7) is 11.4. The van der Waals surface area contributed by atoms with E-state index in [2.05, 4.69) is 67.1 Å². The number of carbonyl (C=O) groups is 1. The molecule has 0 unspecified atom stereocenters. The lowest BCUT2D eigenvalue weighted by Crippen LogP contribution is -2.28. The van der Waals surface area contributed by atoms with Gasteiger partial charge in [0.15, 0.2) is 5.16 Å². The maximum Gasteiger partial charge on any atom is 0.230 e. The summed E-state index contributed by atoms with van der Waals surface area (Å²) in [6.07, 6.45) is 1.83. The molecule has 1 heterocycles. The van der Waals surface area contributed by atoms with Gasteiger partial charge in [0, 0.05) is 18.0 Å². The molecule has 0 aliphatic heterocycles. The Morgan fingerprint density at radius 1 is 1.27 bits per heavy atom. The highest BCUT2D eigenvalue weighted by atomic mass is 32.2. The third-order valence-corrected chi connectivity index (χ3v) is 5.51. The van der Waals surface area contributed by atoms with Gasteiger partial charge in [-0.15, -0.1) is 28.5 Å². The second-order valence-corrected chi connectivity index (χ2v) is 8.38. The minimum absolute atomic E-state index is 0.0208. The van der Waals surface area contributed by atoms with Gasteiger partial charge in [0.05, 0.1) is 11.5 Å². The van der Waals surface area contributed by atoms with Crippen molar-refractivity contribution in [3.05, 3.63) is 48.3 Å². The number of aromatic nitrogens is 3. The van der Waals surface area contributed by atoms with Crippen molar-refractivity contribution in [3.63, 3.8) is 0 Å². The van der Waals surface area contributed by atoms with Crippen LogP contribution in [0.5, 0.6) is 0 Å². The van der Waals surface area contributed by atoms with Crippen molar-refractivity contribution in [2.75, 3.05) is 12.3 Å². The number of hydrogen-bond donors (Lipinski definition) is 1. The van der Waals surface area contributed by atoms with Crippen LogP contribution in [0.3, 0.4) is 0 Å². The molecule has 0 bridgehead atoms. The number of nitrogens with one attached hydrogen (secondary N) is 1. The highest BCUT2D eigenvalue weighted by Gasteiger charge is 2.14. The van der Waals surface area contributed by atoms with Crippen LogP contribution >= 0.6 is 23.5 Å². The quantitative estimate of drug-likeness (QED) is 0.492. The van der Waals surface area contributed by atoms with Crippen LogP contribution in [0.15, 0.2) is 47.0 Å². The predicted molar refractivity (Wildman–Crippen MR) is 110 cm³/mol. The molecule has 0 spiro atoms. The van der Waals surface area contributed by atoms with Crippen LogP contribution in [-0.2, 0) is 17.1 Å². The Bertz CT molecular complexity index is 726. The summed E-state index contributed by atoms with van der Waals surface area (Å²) in [5.41, 5.74) is 1.25. The molecule has 2 aromatic rings. The number of benzene rings is 1. The zero-order valence-electron chi connectivity index (χ0n) is 15.6. The smallest absolute Gasteiger partial charge is 0.230 e. The van der Waals surface area contributed by atoms with Gasteiger partial charge in [-0.3, -0.25) is 4.79 Å². The van der Waals surface area contributed by atoms with Gasteiger partial charge in [0.2, 0.25) is 5.91 Å². The van der Waals surface area contributed by atoms with Crippen molar-refractivity contribution < 1.29 is 4.79 Å². The largest absolute Gasteiger partial charge is 0.355 e. The second kappa shape index (κ2) is 10.4. The topological polar surface area (TPSA) is 59.8 Å². The highest BCUT2D eigenvalue weighted by molar-refractivity contribution is 7.99. The molecule has 26 heavy (non-hydrogen) atoms. The molecule has 0 radical (unpaired) electrons. The molecular weight excluding hydrogens is 364 g/mol. The van der Waals surface area contributed by atoms with Crippen molar-refractivity contribution in [2.24, 2.45) is 5.92 Å². The van der Waals surface area contributed by atoms with Crippen LogP contribution in [0.2, 0.25) is 0 Å². The number of hydrogen-bond acceptors (Lipinski definition) is 5. The molecule has 0 atom stereocenters. The Kier molecular flexibility index (Phi) is 8.25. The summed E-state index contributed by atoms with van der Waals surface area (Å²) in [5, 5.41) is 12.2. The number of rotatable bonds is 10. The monoisotopic (exact) mass is 390 g/mol. The van der Waals surface area contributed by atoms with Gasteiger partial charge in [-0.2, -0.15) is 0 Å². The molecule has 1 amide bonds. The molecule has 0 aliphatic rings. The standard InChI is InChI=1S/C19H26N4OS2/c1-5-10-23-17(12-25-16-8-6-15(4)7-9-16)21-22-19(23)26-13-18(24)20-11-14(2)3/h5-9,14H,1,10-13H2,2-4H3,(H,20,24). The number of aryl methyl sites for hydroxylation is 1. The molecule has 0 saturated carbocycles. The molecule has 140 valence electrons. The number of carbonyl (C=O) groups excluding carboxylic acids is 1. The summed E-state index contributed by atoms with van der Waals surface area (Å²) >= 11 is 3.14. The third-order valence-electron chi connectivity index (χ3n) is 3.53. The molecule has 5 nitrogen and oxygen atoms in total. The van der Waals surface area contributed by atoms with E-state index < -0.39 is 0 Å². The number of allylic oxidation sites excluding steroid dienone is 1. The maximum atomic E-state index is 11.9. The van der Waals surface area contributed by atoms with E-state index in [9.17, 15) is 4.79 Å². The third kappa shape index (κ3) is 6.53. The minimum atomic E-state index is 0.0208. The Hall–Kier alpha value is -1.73. The summed E-state index contributed by atoms with van der Waals surface area (Å²) in [5.74, 6) is 2.42. The van der Waals surface area contributed by atoms with E-state index in [0.29, 0.717) is 24.8 Å². The fourth-order valence-corrected chi connectivity index (χ4v) is 3.76. The number of amides is 1. The molecule has 1 aromatic carbocycles. The van der Waals surface area contributed by atoms with Crippen molar-refractivity contribution in [2.45, 2.75) is 43.1 Å². The van der Waals surface area contributed by atoms with E-state index in [1.807, 2.05) is 10.6 Å². The van der Waals surface area contributed by atoms with E-state index in [1.165, 1.54) is 22.2 Å². The molecule has 2 rings (SSSR count). The molecule has 1 N–H and O–H groups in total. The van der Waals surface area contributed by atoms with Crippen molar-refractivity contribution in [1.82, 2.24) is 20.1 Å². The van der Waals surface area contributed by atoms with Gasteiger partial charge >= 0.3 is 0 Å². The lowest BCUT2D eigenvalue weighted by Gasteiger charge is -2.09. The lowest BCUT2D eigenvalue weighted by molar-refractivity contribution is -0.118. The normalized spacial score (nSPS) is 10.9. The highest BCUT2D eigenvalue weighted by Crippen LogP contribution is 2.25. The van der Waals surface area contributed by atoms with Gasteiger partial charge < -0.3 is 9.88 Å². The van der Waals surface area contributed by atoms with Crippen molar-refractivity contribution >= 4 is 29.4 Å². The summed E-state index contributed by atoms with van der Waals surface area (Å²) in [4.78, 5) is 13.1. The van der Waals surface area contributed by atoms with Crippen LogP contribution in [-0.4, -0.2) is 33.0 Å². The number of thioether (sulfide) groups is 2. The summed E-state index contributed by atoms with van der Waals surface area (Å²) < 4.78 is 2.02. The first-order valence-corrected chi connectivity index (χ1v) is 10.6. The average molecular weight is 391 g/mol. The first-order valence-electron chi connectivity index (χ1n) is 8.61. The van der Waals surface area contributed by atoms with Gasteiger partial charge in [-0.05, 0) is 25.0 Å². The summed E-state index contributed by atoms with van der Waals surface area (Å²) in [7, 11) is 0. The first kappa shape index (κ1) is 20.6. The van der Waals surface area contributed by atoms with Gasteiger partial charge in [-0.25, -0.2) is 0 Å². The summed E-state index contributed by atoms with van der Waals surface area (Å²) in [6, 6.07) is 8.44.